The minimum atomic E-state index is -5.38. The van der Waals surface area contributed by atoms with Crippen LogP contribution in [0.3, 0.4) is 0 Å². The first kappa shape index (κ1) is 63.4. The number of rotatable bonds is 41. The Morgan fingerprint density at radius 1 is 0.500 bits per heavy atom. The molecular formula is C49H84O17P2. The van der Waals surface area contributed by atoms with Gasteiger partial charge in [-0.05, 0) is 89.9 Å². The van der Waals surface area contributed by atoms with E-state index in [1.54, 1.807) is 0 Å². The molecule has 1 aliphatic rings. The number of phosphoric ester groups is 2. The van der Waals surface area contributed by atoms with E-state index in [0.29, 0.717) is 25.7 Å². The second kappa shape index (κ2) is 40.0. The first-order chi connectivity index (χ1) is 32.6. The maximum atomic E-state index is 13.0. The summed E-state index contributed by atoms with van der Waals surface area (Å²) in [5.41, 5.74) is 0. The van der Waals surface area contributed by atoms with Crippen LogP contribution in [-0.2, 0) is 41.8 Å². The summed E-state index contributed by atoms with van der Waals surface area (Å²) in [6, 6.07) is 0. The van der Waals surface area contributed by atoms with Gasteiger partial charge in [-0.1, -0.05) is 131 Å². The van der Waals surface area contributed by atoms with Gasteiger partial charge in [0.25, 0.3) is 0 Å². The fourth-order valence-electron chi connectivity index (χ4n) is 6.97. The third-order valence-corrected chi connectivity index (χ3v) is 12.3. The van der Waals surface area contributed by atoms with Gasteiger partial charge in [-0.2, -0.15) is 0 Å². The molecule has 0 aromatic heterocycles. The third kappa shape index (κ3) is 33.8. The van der Waals surface area contributed by atoms with E-state index in [4.69, 9.17) is 23.6 Å². The lowest BCUT2D eigenvalue weighted by molar-refractivity contribution is -0.216. The first-order valence-electron chi connectivity index (χ1n) is 24.6. The number of aliphatic hydroxyl groups is 5. The Hall–Kier alpha value is -2.60. The van der Waals surface area contributed by atoms with Gasteiger partial charge >= 0.3 is 27.6 Å². The van der Waals surface area contributed by atoms with Gasteiger partial charge in [0, 0.05) is 19.4 Å². The molecule has 1 aliphatic carbocycles. The molecule has 0 amide bonds. The Bertz CT molecular complexity index is 1590. The van der Waals surface area contributed by atoms with Crippen molar-refractivity contribution in [2.45, 2.75) is 204 Å². The summed E-state index contributed by atoms with van der Waals surface area (Å²) in [4.78, 5) is 54.3. The summed E-state index contributed by atoms with van der Waals surface area (Å²) in [7, 11) is -10.7. The average Bonchev–Trinajstić information content (AvgIpc) is 3.29. The van der Waals surface area contributed by atoms with Crippen LogP contribution in [0.2, 0.25) is 0 Å². The second-order valence-electron chi connectivity index (χ2n) is 16.9. The molecule has 392 valence electrons. The molecule has 1 rings (SSSR count). The van der Waals surface area contributed by atoms with Crippen LogP contribution in [0.25, 0.3) is 0 Å². The Morgan fingerprint density at radius 2 is 0.926 bits per heavy atom. The summed E-state index contributed by atoms with van der Waals surface area (Å²) in [5.74, 6) is -1.30. The van der Waals surface area contributed by atoms with Crippen LogP contribution in [-0.4, -0.2) is 115 Å². The smallest absolute Gasteiger partial charge is 0.462 e. The van der Waals surface area contributed by atoms with Crippen LogP contribution in [0, 0.1) is 0 Å². The van der Waals surface area contributed by atoms with Gasteiger partial charge in [0.1, 0.15) is 43.2 Å². The summed E-state index contributed by atoms with van der Waals surface area (Å²) in [6.45, 7) is 1.04. The number of aliphatic hydroxyl groups excluding tert-OH is 5. The molecular weight excluding hydrogens is 922 g/mol. The third-order valence-electron chi connectivity index (χ3n) is 10.8. The number of hydrogen-bond donors (Lipinski definition) is 8. The van der Waals surface area contributed by atoms with Crippen molar-refractivity contribution in [3.63, 3.8) is 0 Å². The van der Waals surface area contributed by atoms with E-state index in [-0.39, 0.29) is 19.4 Å². The van der Waals surface area contributed by atoms with Gasteiger partial charge in [-0.15, -0.1) is 0 Å². The average molecular weight is 1010 g/mol. The van der Waals surface area contributed by atoms with E-state index in [0.717, 1.165) is 96.3 Å². The minimum Gasteiger partial charge on any atom is -0.462 e. The number of allylic oxidation sites excluding steroid dienone is 12. The maximum absolute atomic E-state index is 13.0. The van der Waals surface area contributed by atoms with Crippen molar-refractivity contribution in [3.8, 4) is 0 Å². The number of carbonyl (C=O) groups excluding carboxylic acids is 2. The Kier molecular flexibility index (Phi) is 37.3. The summed E-state index contributed by atoms with van der Waals surface area (Å²) < 4.78 is 49.3. The SMILES string of the molecule is CCCCC/C=C\C/C=C\CCCCCCCCCC(=O)OC[C@H](COP(=O)(O)O[C@H]1C(O)C(O)C(O)[C@@H](OP(=O)(O)O)C1O)OC(=O)CCC/C=C\C/C=C\C/C=C\C/C=C\CCCCCO. The predicted molar refractivity (Wildman–Crippen MR) is 261 cm³/mol. The molecule has 1 fully saturated rings. The Balaban J connectivity index is 2.62. The quantitative estimate of drug-likeness (QED) is 0.0123. The normalized spacial score (nSPS) is 21.8. The molecule has 0 radical (unpaired) electrons. The van der Waals surface area contributed by atoms with Crippen LogP contribution < -0.4 is 0 Å². The van der Waals surface area contributed by atoms with Gasteiger partial charge in [-0.25, -0.2) is 9.13 Å². The second-order valence-corrected chi connectivity index (χ2v) is 19.5. The lowest BCUT2D eigenvalue weighted by Gasteiger charge is -2.43. The summed E-state index contributed by atoms with van der Waals surface area (Å²) in [5, 5.41) is 50.1. The zero-order chi connectivity index (χ0) is 50.3. The molecule has 0 saturated heterocycles. The molecule has 5 unspecified atom stereocenters. The van der Waals surface area contributed by atoms with E-state index in [1.165, 1.54) is 19.3 Å². The number of unbranched alkanes of at least 4 members (excludes halogenated alkanes) is 14. The van der Waals surface area contributed by atoms with Gasteiger partial charge in [0.05, 0.1) is 6.61 Å². The maximum Gasteiger partial charge on any atom is 0.472 e. The molecule has 8 N–H and O–H groups in total. The van der Waals surface area contributed by atoms with Crippen molar-refractivity contribution in [3.05, 3.63) is 72.9 Å². The largest absolute Gasteiger partial charge is 0.472 e. The van der Waals surface area contributed by atoms with E-state index >= 15 is 0 Å². The van der Waals surface area contributed by atoms with Gasteiger partial charge in [0.15, 0.2) is 6.10 Å². The molecule has 0 aliphatic heterocycles. The minimum absolute atomic E-state index is 0.0466. The van der Waals surface area contributed by atoms with Crippen LogP contribution in [0.5, 0.6) is 0 Å². The zero-order valence-electron chi connectivity index (χ0n) is 40.2. The van der Waals surface area contributed by atoms with Crippen molar-refractivity contribution in [1.82, 2.24) is 0 Å². The van der Waals surface area contributed by atoms with Crippen LogP contribution in [0.4, 0.5) is 0 Å². The topological polar surface area (TPSA) is 276 Å². The molecule has 8 atom stereocenters. The number of carbonyl (C=O) groups is 2. The number of phosphoric acid groups is 2. The van der Waals surface area contributed by atoms with Gasteiger partial charge in [0.2, 0.25) is 0 Å². The Labute approximate surface area is 404 Å². The lowest BCUT2D eigenvalue weighted by Crippen LogP contribution is -2.64. The van der Waals surface area contributed by atoms with Crippen LogP contribution >= 0.6 is 15.6 Å². The highest BCUT2D eigenvalue weighted by Gasteiger charge is 2.54. The van der Waals surface area contributed by atoms with Crippen molar-refractivity contribution in [1.29, 1.82) is 0 Å². The number of ether oxygens (including phenoxy) is 2. The molecule has 0 aromatic carbocycles. The van der Waals surface area contributed by atoms with E-state index in [1.807, 2.05) is 18.2 Å². The molecule has 17 nitrogen and oxygen atoms in total. The highest BCUT2D eigenvalue weighted by atomic mass is 31.2. The Morgan fingerprint density at radius 3 is 1.43 bits per heavy atom. The van der Waals surface area contributed by atoms with E-state index in [2.05, 4.69) is 66.1 Å². The van der Waals surface area contributed by atoms with Crippen LogP contribution in [0.15, 0.2) is 72.9 Å². The van der Waals surface area contributed by atoms with Gasteiger partial charge < -0.3 is 49.7 Å². The number of esters is 2. The van der Waals surface area contributed by atoms with Crippen molar-refractivity contribution in [2.75, 3.05) is 19.8 Å². The number of hydrogen-bond acceptors (Lipinski definition) is 14. The predicted octanol–water partition coefficient (Wildman–Crippen LogP) is 8.59. The summed E-state index contributed by atoms with van der Waals surface area (Å²) in [6.07, 6.45) is 31.5. The molecule has 0 heterocycles. The van der Waals surface area contributed by atoms with Crippen molar-refractivity contribution in [2.24, 2.45) is 0 Å². The monoisotopic (exact) mass is 1010 g/mol. The highest BCUT2D eigenvalue weighted by Crippen LogP contribution is 2.49. The van der Waals surface area contributed by atoms with Crippen molar-refractivity contribution >= 4 is 27.6 Å². The molecule has 68 heavy (non-hydrogen) atoms. The first-order valence-corrected chi connectivity index (χ1v) is 27.6. The van der Waals surface area contributed by atoms with Crippen LogP contribution in [0.1, 0.15) is 161 Å². The lowest BCUT2D eigenvalue weighted by atomic mass is 9.85. The molecule has 1 saturated carbocycles. The molecule has 0 spiro atoms. The standard InChI is InChI=1S/C49H84O17P2/c1-2-3-4-5-6-7-8-9-10-12-15-18-21-24-27-30-33-36-42(51)62-39-41(40-63-68(60,61)66-49-46(55)44(53)45(54)48(47(49)56)65-67(57,58)59)64-43(52)37-34-31-28-25-22-19-16-13-11-14-17-20-23-26-29-32-35-38-50/h6-7,9-11,14,16,19-20,23,25,28,41,44-50,53-56H,2-5,8,12-13,15,17-18,21-22,24,26-27,29-40H2,1H3,(H,60,61)(H2,57,58,59)/b7-6-,10-9-,14-11-,19-16-,23-20-,28-25-/t41-,44?,45?,46?,47?,48-,49+/m1/s1. The highest BCUT2D eigenvalue weighted by molar-refractivity contribution is 7.47. The van der Waals surface area contributed by atoms with Crippen molar-refractivity contribution < 1.29 is 82.0 Å². The van der Waals surface area contributed by atoms with E-state index < -0.39 is 83.5 Å². The fourth-order valence-corrected chi connectivity index (χ4v) is 8.51. The van der Waals surface area contributed by atoms with Gasteiger partial charge in [-0.3, -0.25) is 23.2 Å². The molecule has 0 bridgehead atoms. The molecule has 0 aromatic rings. The zero-order valence-corrected chi connectivity index (χ0v) is 42.0. The fraction of sp³-hybridized carbons (Fsp3) is 0.714. The molecule has 19 heteroatoms. The summed E-state index contributed by atoms with van der Waals surface area (Å²) >= 11 is 0. The van der Waals surface area contributed by atoms with E-state index in [9.17, 15) is 53.8 Å².